The van der Waals surface area contributed by atoms with Gasteiger partial charge >= 0.3 is 0 Å². The van der Waals surface area contributed by atoms with Gasteiger partial charge in [0.15, 0.2) is 5.11 Å². The lowest BCUT2D eigenvalue weighted by atomic mass is 9.87. The Morgan fingerprint density at radius 3 is 2.79 bits per heavy atom. The molecule has 0 aliphatic carbocycles. The second-order valence-corrected chi connectivity index (χ2v) is 8.38. The third-order valence-corrected chi connectivity index (χ3v) is 5.07. The van der Waals surface area contributed by atoms with Gasteiger partial charge in [-0.2, -0.15) is 0 Å². The molecule has 0 spiro atoms. The minimum atomic E-state index is -0.520. The van der Waals surface area contributed by atoms with E-state index in [-0.39, 0.29) is 5.91 Å². The van der Waals surface area contributed by atoms with Gasteiger partial charge in [0.05, 0.1) is 12.9 Å². The first-order chi connectivity index (χ1) is 13.8. The predicted molar refractivity (Wildman–Crippen MR) is 120 cm³/mol. The average molecular weight is 417 g/mol. The first-order valence-electron chi connectivity index (χ1n) is 10.0. The van der Waals surface area contributed by atoms with E-state index in [9.17, 15) is 4.79 Å². The standard InChI is InChI=1S/C22H32N4O2S/c1-17-7-8-18(2)19(15-17)28-14-5-9-22(3,4)20(27)25-21(29)24-10-6-12-26-13-11-23-16-26/h7-8,11,13,15-16H,5-6,9-10,12,14H2,1-4H3,(H2,24,25,27,29). The summed E-state index contributed by atoms with van der Waals surface area (Å²) in [5, 5.41) is 6.28. The summed E-state index contributed by atoms with van der Waals surface area (Å²) in [4.78, 5) is 16.6. The Labute approximate surface area is 179 Å². The van der Waals surface area contributed by atoms with E-state index in [4.69, 9.17) is 17.0 Å². The van der Waals surface area contributed by atoms with Crippen LogP contribution in [-0.2, 0) is 11.3 Å². The molecule has 29 heavy (non-hydrogen) atoms. The monoisotopic (exact) mass is 416 g/mol. The smallest absolute Gasteiger partial charge is 0.231 e. The number of aromatic nitrogens is 2. The van der Waals surface area contributed by atoms with Crippen LogP contribution in [0, 0.1) is 19.3 Å². The Kier molecular flexibility index (Phi) is 8.64. The van der Waals surface area contributed by atoms with Crippen LogP contribution in [-0.4, -0.2) is 33.7 Å². The Bertz CT molecular complexity index is 803. The Hall–Kier alpha value is -2.41. The van der Waals surface area contributed by atoms with E-state index >= 15 is 0 Å². The van der Waals surface area contributed by atoms with E-state index in [1.165, 1.54) is 5.56 Å². The minimum Gasteiger partial charge on any atom is -0.493 e. The zero-order chi connectivity index (χ0) is 21.3. The maximum absolute atomic E-state index is 12.6. The lowest BCUT2D eigenvalue weighted by Crippen LogP contribution is -2.45. The summed E-state index contributed by atoms with van der Waals surface area (Å²) in [6.07, 6.45) is 7.87. The summed E-state index contributed by atoms with van der Waals surface area (Å²) >= 11 is 5.25. The molecule has 1 heterocycles. The number of nitrogens with zero attached hydrogens (tertiary/aromatic N) is 2. The molecule has 0 aliphatic rings. The highest BCUT2D eigenvalue weighted by molar-refractivity contribution is 7.80. The Morgan fingerprint density at radius 1 is 1.28 bits per heavy atom. The van der Waals surface area contributed by atoms with Crippen molar-refractivity contribution in [3.05, 3.63) is 48.0 Å². The summed E-state index contributed by atoms with van der Waals surface area (Å²) in [6, 6.07) is 6.18. The number of carbonyl (C=O) groups excluding carboxylic acids is 1. The van der Waals surface area contributed by atoms with Crippen LogP contribution in [0.5, 0.6) is 5.75 Å². The van der Waals surface area contributed by atoms with Gasteiger partial charge in [-0.05, 0) is 62.5 Å². The highest BCUT2D eigenvalue weighted by Crippen LogP contribution is 2.24. The molecule has 0 atom stereocenters. The van der Waals surface area contributed by atoms with E-state index in [0.29, 0.717) is 24.7 Å². The van der Waals surface area contributed by atoms with Crippen LogP contribution in [0.2, 0.25) is 0 Å². The van der Waals surface area contributed by atoms with Crippen molar-refractivity contribution in [1.82, 2.24) is 20.2 Å². The number of carbonyl (C=O) groups is 1. The molecule has 0 bridgehead atoms. The SMILES string of the molecule is Cc1ccc(C)c(OCCCC(C)(C)C(=O)NC(=S)NCCCn2ccnc2)c1. The molecule has 0 radical (unpaired) electrons. The summed E-state index contributed by atoms with van der Waals surface area (Å²) in [6.45, 7) is 10.1. The Balaban J connectivity index is 1.65. The maximum atomic E-state index is 12.6. The zero-order valence-corrected chi connectivity index (χ0v) is 18.6. The van der Waals surface area contributed by atoms with E-state index in [1.54, 1.807) is 12.5 Å². The third kappa shape index (κ3) is 7.85. The van der Waals surface area contributed by atoms with E-state index in [0.717, 1.165) is 30.7 Å². The number of amides is 1. The third-order valence-electron chi connectivity index (χ3n) is 4.83. The van der Waals surface area contributed by atoms with Crippen molar-refractivity contribution < 1.29 is 9.53 Å². The lowest BCUT2D eigenvalue weighted by molar-refractivity contribution is -0.128. The summed E-state index contributed by atoms with van der Waals surface area (Å²) in [7, 11) is 0. The van der Waals surface area contributed by atoms with Crippen molar-refractivity contribution in [3.63, 3.8) is 0 Å². The predicted octanol–water partition coefficient (Wildman–Crippen LogP) is 3.77. The van der Waals surface area contributed by atoms with Crippen LogP contribution in [0.25, 0.3) is 0 Å². The van der Waals surface area contributed by atoms with Crippen LogP contribution < -0.4 is 15.4 Å². The molecule has 0 fully saturated rings. The van der Waals surface area contributed by atoms with Gasteiger partial charge < -0.3 is 19.9 Å². The summed E-state index contributed by atoms with van der Waals surface area (Å²) in [5.74, 6) is 0.838. The largest absolute Gasteiger partial charge is 0.493 e. The molecule has 1 amide bonds. The highest BCUT2D eigenvalue weighted by Gasteiger charge is 2.27. The fraction of sp³-hybridized carbons (Fsp3) is 0.500. The van der Waals surface area contributed by atoms with Gasteiger partial charge in [-0.25, -0.2) is 4.98 Å². The molecule has 2 rings (SSSR count). The molecular weight excluding hydrogens is 384 g/mol. The lowest BCUT2D eigenvalue weighted by Gasteiger charge is -2.24. The minimum absolute atomic E-state index is 0.0728. The van der Waals surface area contributed by atoms with Gasteiger partial charge in [0.25, 0.3) is 0 Å². The van der Waals surface area contributed by atoms with Crippen molar-refractivity contribution in [1.29, 1.82) is 0 Å². The molecule has 2 aromatic rings. The van der Waals surface area contributed by atoms with Crippen LogP contribution in [0.4, 0.5) is 0 Å². The first kappa shape index (κ1) is 22.9. The van der Waals surface area contributed by atoms with Gasteiger partial charge in [0.1, 0.15) is 5.75 Å². The number of imidazole rings is 1. The van der Waals surface area contributed by atoms with Crippen LogP contribution in [0.1, 0.15) is 44.2 Å². The molecule has 158 valence electrons. The number of thiocarbonyl (C=S) groups is 1. The van der Waals surface area contributed by atoms with Crippen molar-refractivity contribution >= 4 is 23.2 Å². The van der Waals surface area contributed by atoms with Crippen LogP contribution >= 0.6 is 12.2 Å². The molecule has 1 aromatic carbocycles. The van der Waals surface area contributed by atoms with Crippen LogP contribution in [0.15, 0.2) is 36.9 Å². The number of hydrogen-bond donors (Lipinski definition) is 2. The number of aryl methyl sites for hydroxylation is 3. The summed E-state index contributed by atoms with van der Waals surface area (Å²) < 4.78 is 7.90. The maximum Gasteiger partial charge on any atom is 0.231 e. The fourth-order valence-corrected chi connectivity index (χ4v) is 3.07. The van der Waals surface area contributed by atoms with Gasteiger partial charge in [-0.15, -0.1) is 0 Å². The molecule has 6 nitrogen and oxygen atoms in total. The van der Waals surface area contributed by atoms with E-state index in [1.807, 2.05) is 44.5 Å². The van der Waals surface area contributed by atoms with Crippen molar-refractivity contribution in [2.45, 2.75) is 53.5 Å². The van der Waals surface area contributed by atoms with E-state index in [2.05, 4.69) is 27.8 Å². The second-order valence-electron chi connectivity index (χ2n) is 7.97. The van der Waals surface area contributed by atoms with Crippen LogP contribution in [0.3, 0.4) is 0 Å². The molecule has 7 heteroatoms. The van der Waals surface area contributed by atoms with Crippen molar-refractivity contribution in [2.24, 2.45) is 5.41 Å². The second kappa shape index (κ2) is 11.0. The topological polar surface area (TPSA) is 68.2 Å². The summed E-state index contributed by atoms with van der Waals surface area (Å²) in [5.41, 5.74) is 1.78. The fourth-order valence-electron chi connectivity index (χ4n) is 2.87. The number of rotatable bonds is 10. The molecule has 0 saturated carbocycles. The molecule has 1 aromatic heterocycles. The Morgan fingerprint density at radius 2 is 2.07 bits per heavy atom. The number of nitrogens with one attached hydrogen (secondary N) is 2. The van der Waals surface area contributed by atoms with Crippen molar-refractivity contribution in [2.75, 3.05) is 13.2 Å². The van der Waals surface area contributed by atoms with Gasteiger partial charge in [0.2, 0.25) is 5.91 Å². The molecule has 0 aliphatic heterocycles. The van der Waals surface area contributed by atoms with Gasteiger partial charge in [-0.1, -0.05) is 26.0 Å². The quantitative estimate of drug-likeness (QED) is 0.456. The number of ether oxygens (including phenoxy) is 1. The zero-order valence-electron chi connectivity index (χ0n) is 17.8. The molecule has 2 N–H and O–H groups in total. The average Bonchev–Trinajstić information content (AvgIpc) is 3.18. The van der Waals surface area contributed by atoms with E-state index < -0.39 is 5.41 Å². The molecular formula is C22H32N4O2S. The number of hydrogen-bond acceptors (Lipinski definition) is 4. The van der Waals surface area contributed by atoms with Crippen molar-refractivity contribution in [3.8, 4) is 5.75 Å². The number of benzene rings is 1. The molecule has 0 saturated heterocycles. The highest BCUT2D eigenvalue weighted by atomic mass is 32.1. The van der Waals surface area contributed by atoms with Gasteiger partial charge in [0, 0.05) is 30.9 Å². The normalized spacial score (nSPS) is 11.2. The first-order valence-corrected chi connectivity index (χ1v) is 10.4. The molecule has 0 unspecified atom stereocenters. The van der Waals surface area contributed by atoms with Gasteiger partial charge in [-0.3, -0.25) is 4.79 Å².